The molecule has 4 unspecified atom stereocenters. The van der Waals surface area contributed by atoms with Crippen LogP contribution < -0.4 is 0 Å². The molecular weight excluding hydrogens is 352 g/mol. The van der Waals surface area contributed by atoms with Crippen LogP contribution in [0.15, 0.2) is 0 Å². The fourth-order valence-corrected chi connectivity index (χ4v) is 6.32. The third-order valence-corrected chi connectivity index (χ3v) is 7.29. The van der Waals surface area contributed by atoms with Crippen molar-refractivity contribution in [2.24, 2.45) is 16.7 Å². The van der Waals surface area contributed by atoms with E-state index in [9.17, 15) is 14.7 Å². The Balaban J connectivity index is 1.32. The van der Waals surface area contributed by atoms with Gasteiger partial charge in [0, 0.05) is 26.1 Å². The molecule has 1 N–H and O–H groups in total. The lowest BCUT2D eigenvalue weighted by atomic mass is 9.42. The van der Waals surface area contributed by atoms with Crippen LogP contribution in [0.4, 0.5) is 0 Å². The van der Waals surface area contributed by atoms with Crippen LogP contribution in [0, 0.1) is 16.7 Å². The lowest BCUT2D eigenvalue weighted by Gasteiger charge is -2.62. The summed E-state index contributed by atoms with van der Waals surface area (Å²) in [5, 5.41) is 11.1. The van der Waals surface area contributed by atoms with E-state index in [2.05, 4.69) is 0 Å². The van der Waals surface area contributed by atoms with Gasteiger partial charge in [-0.3, -0.25) is 9.59 Å². The van der Waals surface area contributed by atoms with Gasteiger partial charge in [0.15, 0.2) is 0 Å². The summed E-state index contributed by atoms with van der Waals surface area (Å²) >= 11 is 0. The fourth-order valence-electron chi connectivity index (χ4n) is 6.32. The zero-order chi connectivity index (χ0) is 18.7. The number of esters is 2. The summed E-state index contributed by atoms with van der Waals surface area (Å²) < 4.78 is 21.8. The number of carbonyl (C=O) groups is 2. The van der Waals surface area contributed by atoms with Gasteiger partial charge in [-0.2, -0.15) is 0 Å². The van der Waals surface area contributed by atoms with E-state index in [0.717, 1.165) is 26.1 Å². The highest BCUT2D eigenvalue weighted by atomic mass is 16.6. The molecule has 0 radical (unpaired) electrons. The van der Waals surface area contributed by atoms with Crippen LogP contribution >= 0.6 is 0 Å². The Bertz CT molecular complexity index is 592. The van der Waals surface area contributed by atoms with Gasteiger partial charge in [0.2, 0.25) is 0 Å². The van der Waals surface area contributed by atoms with Gasteiger partial charge < -0.3 is 24.1 Å². The van der Waals surface area contributed by atoms with E-state index >= 15 is 0 Å². The van der Waals surface area contributed by atoms with Gasteiger partial charge in [0.25, 0.3) is 0 Å². The van der Waals surface area contributed by atoms with Crippen molar-refractivity contribution in [2.75, 3.05) is 26.4 Å². The van der Waals surface area contributed by atoms with E-state index < -0.39 is 16.4 Å². The monoisotopic (exact) mass is 380 g/mol. The van der Waals surface area contributed by atoms with Gasteiger partial charge in [-0.1, -0.05) is 0 Å². The first-order valence-corrected chi connectivity index (χ1v) is 10.2. The molecule has 4 bridgehead atoms. The van der Waals surface area contributed by atoms with E-state index in [1.54, 1.807) is 0 Å². The van der Waals surface area contributed by atoms with Gasteiger partial charge >= 0.3 is 11.9 Å². The third-order valence-electron chi connectivity index (χ3n) is 7.29. The maximum absolute atomic E-state index is 13.0. The highest BCUT2D eigenvalue weighted by Crippen LogP contribution is 2.67. The van der Waals surface area contributed by atoms with Gasteiger partial charge in [-0.15, -0.1) is 0 Å². The molecule has 2 aliphatic heterocycles. The minimum absolute atomic E-state index is 0.00708. The minimum Gasteiger partial charge on any atom is -0.462 e. The van der Waals surface area contributed by atoms with Crippen LogP contribution in [0.1, 0.15) is 51.4 Å². The van der Waals surface area contributed by atoms with Crippen LogP contribution in [-0.4, -0.2) is 61.3 Å². The lowest BCUT2D eigenvalue weighted by molar-refractivity contribution is -0.229. The fraction of sp³-hybridized carbons (Fsp3) is 0.900. The molecule has 4 atom stereocenters. The maximum atomic E-state index is 13.0. The highest BCUT2D eigenvalue weighted by Gasteiger charge is 2.68. The highest BCUT2D eigenvalue weighted by molar-refractivity contribution is 5.83. The normalized spacial score (nSPS) is 47.1. The second-order valence-electron chi connectivity index (χ2n) is 9.55. The molecule has 150 valence electrons. The number of carbonyl (C=O) groups excluding carboxylic acids is 2. The van der Waals surface area contributed by atoms with Crippen molar-refractivity contribution in [1.29, 1.82) is 0 Å². The summed E-state index contributed by atoms with van der Waals surface area (Å²) in [6, 6.07) is 0. The van der Waals surface area contributed by atoms with E-state index in [1.807, 2.05) is 0 Å². The summed E-state index contributed by atoms with van der Waals surface area (Å²) in [6.07, 6.45) is 5.06. The van der Waals surface area contributed by atoms with Crippen molar-refractivity contribution in [3.05, 3.63) is 0 Å². The molecule has 7 heteroatoms. The molecule has 27 heavy (non-hydrogen) atoms. The van der Waals surface area contributed by atoms with Crippen molar-refractivity contribution in [3.8, 4) is 0 Å². The van der Waals surface area contributed by atoms with Gasteiger partial charge in [-0.05, 0) is 44.4 Å². The molecule has 4 aliphatic carbocycles. The SMILES string of the molecule is O=C(OCC1CCO1)C12CC3CC(O)(C1)CC(C(=O)OCC1CCO1)(C3)C2. The molecule has 0 spiro atoms. The Labute approximate surface area is 158 Å². The molecule has 0 aromatic rings. The maximum Gasteiger partial charge on any atom is 0.312 e. The first-order chi connectivity index (χ1) is 12.9. The summed E-state index contributed by atoms with van der Waals surface area (Å²) in [5.74, 6) is -0.397. The van der Waals surface area contributed by atoms with Crippen LogP contribution in [-0.2, 0) is 28.5 Å². The van der Waals surface area contributed by atoms with Crippen molar-refractivity contribution < 1.29 is 33.6 Å². The molecule has 0 amide bonds. The predicted octanol–water partition coefficient (Wildman–Crippen LogP) is 1.35. The van der Waals surface area contributed by atoms with Crippen LogP contribution in [0.3, 0.4) is 0 Å². The standard InChI is InChI=1S/C20H28O7/c21-16(26-8-14-1-3-24-14)18-5-13-6-19(10-18,12-20(23,7-13)11-18)17(22)27-9-15-2-4-25-15/h13-15,23H,1-12H2. The summed E-state index contributed by atoms with van der Waals surface area (Å²) in [7, 11) is 0. The van der Waals surface area contributed by atoms with E-state index in [-0.39, 0.29) is 43.3 Å². The van der Waals surface area contributed by atoms with E-state index in [4.69, 9.17) is 18.9 Å². The van der Waals surface area contributed by atoms with Crippen molar-refractivity contribution in [2.45, 2.75) is 69.2 Å². The third kappa shape index (κ3) is 2.98. The summed E-state index contributed by atoms with van der Waals surface area (Å²) in [4.78, 5) is 26.0. The topological polar surface area (TPSA) is 91.3 Å². The molecule has 6 aliphatic rings. The second kappa shape index (κ2) is 6.16. The van der Waals surface area contributed by atoms with Crippen molar-refractivity contribution in [3.63, 3.8) is 0 Å². The largest absolute Gasteiger partial charge is 0.462 e. The smallest absolute Gasteiger partial charge is 0.312 e. The number of aliphatic hydroxyl groups is 1. The molecule has 0 aromatic carbocycles. The molecule has 6 fully saturated rings. The van der Waals surface area contributed by atoms with Gasteiger partial charge in [0.1, 0.15) is 13.2 Å². The van der Waals surface area contributed by atoms with Crippen LogP contribution in [0.25, 0.3) is 0 Å². The average molecular weight is 380 g/mol. The van der Waals surface area contributed by atoms with E-state index in [0.29, 0.717) is 38.5 Å². The van der Waals surface area contributed by atoms with Gasteiger partial charge in [0.05, 0.1) is 28.6 Å². The van der Waals surface area contributed by atoms with Crippen LogP contribution in [0.2, 0.25) is 0 Å². The van der Waals surface area contributed by atoms with Crippen molar-refractivity contribution in [1.82, 2.24) is 0 Å². The Morgan fingerprint density at radius 3 is 1.70 bits per heavy atom. The number of rotatable bonds is 6. The summed E-state index contributed by atoms with van der Waals surface area (Å²) in [6.45, 7) is 1.96. The number of hydrogen-bond donors (Lipinski definition) is 1. The first kappa shape index (κ1) is 17.9. The number of ether oxygens (including phenoxy) is 4. The molecule has 0 aromatic heterocycles. The second-order valence-corrected chi connectivity index (χ2v) is 9.55. The van der Waals surface area contributed by atoms with E-state index in [1.165, 1.54) is 0 Å². The Hall–Kier alpha value is -1.18. The Morgan fingerprint density at radius 1 is 0.852 bits per heavy atom. The minimum atomic E-state index is -0.975. The molecular formula is C20H28O7. The zero-order valence-electron chi connectivity index (χ0n) is 15.6. The molecule has 2 heterocycles. The molecule has 4 saturated carbocycles. The Kier molecular flexibility index (Phi) is 4.08. The first-order valence-electron chi connectivity index (χ1n) is 10.2. The molecule has 7 nitrogen and oxygen atoms in total. The Morgan fingerprint density at radius 2 is 1.33 bits per heavy atom. The van der Waals surface area contributed by atoms with Gasteiger partial charge in [-0.25, -0.2) is 0 Å². The molecule has 2 saturated heterocycles. The zero-order valence-corrected chi connectivity index (χ0v) is 15.6. The predicted molar refractivity (Wildman–Crippen MR) is 91.6 cm³/mol. The molecule has 6 rings (SSSR count). The van der Waals surface area contributed by atoms with Crippen molar-refractivity contribution >= 4 is 11.9 Å². The lowest BCUT2D eigenvalue weighted by Crippen LogP contribution is -2.64. The average Bonchev–Trinajstić information content (AvgIpc) is 2.49. The summed E-state index contributed by atoms with van der Waals surface area (Å²) in [5.41, 5.74) is -2.52. The quantitative estimate of drug-likeness (QED) is 0.696. The number of hydrogen-bond acceptors (Lipinski definition) is 7. The van der Waals surface area contributed by atoms with Crippen LogP contribution in [0.5, 0.6) is 0 Å².